The topological polar surface area (TPSA) is 68.5 Å². The summed E-state index contributed by atoms with van der Waals surface area (Å²) in [7, 11) is 0. The van der Waals surface area contributed by atoms with Crippen molar-refractivity contribution in [2.45, 2.75) is 30.0 Å². The molecule has 0 heterocycles. The summed E-state index contributed by atoms with van der Waals surface area (Å²) in [5.74, 6) is 1.69. The molecule has 0 fully saturated rings. The van der Waals surface area contributed by atoms with Crippen molar-refractivity contribution in [1.29, 1.82) is 0 Å². The second-order valence-electron chi connectivity index (χ2n) is 6.20. The summed E-state index contributed by atoms with van der Waals surface area (Å²) in [5.41, 5.74) is 7.16. The number of thioether (sulfide) groups is 1. The van der Waals surface area contributed by atoms with Crippen LogP contribution in [0.1, 0.15) is 26.7 Å². The Kier molecular flexibility index (Phi) is 14.8. The average Bonchev–Trinajstić information content (AvgIpc) is 2.75. The summed E-state index contributed by atoms with van der Waals surface area (Å²) < 4.78 is 11.7. The Balaban J connectivity index is 0.000000479. The fraction of sp³-hybridized carbons (Fsp3) is 0.409. The number of thiocarbonyl (C=S) groups is 1. The molecule has 2 aromatic rings. The molecule has 5 nitrogen and oxygen atoms in total. The number of rotatable bonds is 10. The van der Waals surface area contributed by atoms with Crippen molar-refractivity contribution in [3.8, 4) is 11.5 Å². The minimum absolute atomic E-state index is 0.535. The molecule has 2 aromatic carbocycles. The van der Waals surface area contributed by atoms with Crippen molar-refractivity contribution in [1.82, 2.24) is 0 Å². The van der Waals surface area contributed by atoms with E-state index < -0.39 is 0 Å². The third kappa shape index (κ3) is 11.9. The summed E-state index contributed by atoms with van der Waals surface area (Å²) in [6.45, 7) is 6.09. The van der Waals surface area contributed by atoms with Gasteiger partial charge in [-0.05, 0) is 74.6 Å². The molecular formula is C22H33N3O2S2Sn. The van der Waals surface area contributed by atoms with E-state index in [1.165, 1.54) is 35.4 Å². The van der Waals surface area contributed by atoms with E-state index >= 15 is 0 Å². The van der Waals surface area contributed by atoms with E-state index in [2.05, 4.69) is 16.9 Å². The third-order valence-corrected chi connectivity index (χ3v) is 8.17. The van der Waals surface area contributed by atoms with Gasteiger partial charge < -0.3 is 20.1 Å². The van der Waals surface area contributed by atoms with Gasteiger partial charge in [0.05, 0.1) is 13.2 Å². The SMILES string of the molecule is CCOc1ccc(NC(=S)Nc2ccc(OCC)cc2)cc1.CS[CH]([SnH])CCCN. The summed E-state index contributed by atoms with van der Waals surface area (Å²) >= 11 is 8.64. The number of hydrogen-bond donors (Lipinski definition) is 3. The normalized spacial score (nSPS) is 11.0. The van der Waals surface area contributed by atoms with Crippen molar-refractivity contribution >= 4 is 63.0 Å². The molecule has 164 valence electrons. The fourth-order valence-electron chi connectivity index (χ4n) is 2.33. The molecule has 0 amide bonds. The zero-order valence-corrected chi connectivity index (χ0v) is 22.9. The molecule has 1 atom stereocenters. The van der Waals surface area contributed by atoms with Gasteiger partial charge in [-0.15, -0.1) is 0 Å². The quantitative estimate of drug-likeness (QED) is 0.293. The van der Waals surface area contributed by atoms with Crippen LogP contribution >= 0.6 is 24.0 Å². The van der Waals surface area contributed by atoms with E-state index in [9.17, 15) is 0 Å². The molecule has 30 heavy (non-hydrogen) atoms. The van der Waals surface area contributed by atoms with Gasteiger partial charge in [-0.3, -0.25) is 0 Å². The van der Waals surface area contributed by atoms with E-state index in [-0.39, 0.29) is 0 Å². The number of benzene rings is 2. The monoisotopic (exact) mass is 555 g/mol. The van der Waals surface area contributed by atoms with E-state index in [0.717, 1.165) is 32.7 Å². The van der Waals surface area contributed by atoms with Gasteiger partial charge in [0, 0.05) is 11.4 Å². The maximum atomic E-state index is 5.40. The Morgan fingerprint density at radius 1 is 0.967 bits per heavy atom. The first-order chi connectivity index (χ1) is 14.5. The minimum atomic E-state index is 0.535. The molecule has 2 rings (SSSR count). The predicted molar refractivity (Wildman–Crippen MR) is 138 cm³/mol. The first-order valence-electron chi connectivity index (χ1n) is 10.0. The van der Waals surface area contributed by atoms with Crippen molar-refractivity contribution in [3.63, 3.8) is 0 Å². The predicted octanol–water partition coefficient (Wildman–Crippen LogP) is 4.61. The Bertz CT molecular complexity index is 662. The molecule has 0 saturated heterocycles. The molecule has 0 aliphatic rings. The van der Waals surface area contributed by atoms with Gasteiger partial charge >= 0.3 is 68.9 Å². The van der Waals surface area contributed by atoms with Crippen LogP contribution in [-0.4, -0.2) is 56.9 Å². The van der Waals surface area contributed by atoms with Crippen molar-refractivity contribution in [2.75, 3.05) is 36.6 Å². The molecule has 4 N–H and O–H groups in total. The molecule has 0 spiro atoms. The van der Waals surface area contributed by atoms with E-state index in [1.54, 1.807) is 0 Å². The number of nitrogens with one attached hydrogen (secondary N) is 2. The van der Waals surface area contributed by atoms with Crippen LogP contribution < -0.4 is 25.8 Å². The van der Waals surface area contributed by atoms with Crippen LogP contribution in [0.15, 0.2) is 48.5 Å². The van der Waals surface area contributed by atoms with Crippen LogP contribution in [-0.2, 0) is 0 Å². The van der Waals surface area contributed by atoms with Crippen LogP contribution in [0, 0.1) is 0 Å². The van der Waals surface area contributed by atoms with Crippen molar-refractivity contribution in [3.05, 3.63) is 48.5 Å². The van der Waals surface area contributed by atoms with E-state index in [1.807, 2.05) is 74.1 Å². The van der Waals surface area contributed by atoms with Gasteiger partial charge in [-0.2, -0.15) is 0 Å². The van der Waals surface area contributed by atoms with Gasteiger partial charge in [0.1, 0.15) is 11.5 Å². The summed E-state index contributed by atoms with van der Waals surface area (Å²) in [6, 6.07) is 15.3. The molecule has 2 radical (unpaired) electrons. The zero-order chi connectivity index (χ0) is 22.2. The summed E-state index contributed by atoms with van der Waals surface area (Å²) in [6.07, 6.45) is 4.69. The molecule has 1 unspecified atom stereocenters. The molecular weight excluding hydrogens is 521 g/mol. The number of anilines is 2. The molecule has 0 aromatic heterocycles. The third-order valence-electron chi connectivity index (χ3n) is 3.84. The van der Waals surface area contributed by atoms with Gasteiger partial charge in [0.25, 0.3) is 0 Å². The van der Waals surface area contributed by atoms with Gasteiger partial charge in [-0.25, -0.2) is 0 Å². The zero-order valence-electron chi connectivity index (χ0n) is 18.0. The molecule has 0 aliphatic heterocycles. The number of nitrogens with two attached hydrogens (primary N) is 1. The van der Waals surface area contributed by atoms with Crippen molar-refractivity contribution < 1.29 is 9.47 Å². The molecule has 8 heteroatoms. The van der Waals surface area contributed by atoms with E-state index in [0.29, 0.717) is 18.3 Å². The fourth-order valence-corrected chi connectivity index (χ4v) is 3.64. The first-order valence-corrected chi connectivity index (χ1v) is 13.6. The van der Waals surface area contributed by atoms with Crippen LogP contribution in [0.5, 0.6) is 11.5 Å². The maximum absolute atomic E-state index is 5.40. The number of ether oxygens (including phenoxy) is 2. The van der Waals surface area contributed by atoms with Crippen molar-refractivity contribution in [2.24, 2.45) is 5.73 Å². The van der Waals surface area contributed by atoms with Crippen LogP contribution in [0.2, 0.25) is 0 Å². The summed E-state index contributed by atoms with van der Waals surface area (Å²) in [4.78, 5) is 0. The first kappa shape index (κ1) is 26.9. The number of hydrogen-bond acceptors (Lipinski definition) is 5. The van der Waals surface area contributed by atoms with Crippen LogP contribution in [0.4, 0.5) is 11.4 Å². The van der Waals surface area contributed by atoms with E-state index in [4.69, 9.17) is 27.4 Å². The Hall–Kier alpha value is -1.16. The van der Waals surface area contributed by atoms with Crippen LogP contribution in [0.25, 0.3) is 0 Å². The standard InChI is InChI=1S/C17H20N2O2S.C5H12NS.Sn.H/c1-3-20-15-9-5-13(6-10-15)18-17(22)19-14-7-11-16(12-8-14)21-4-2;1-7-5-3-2-4-6;;/h5-12H,3-4H2,1-2H3,(H2,18,19,22);5H,2-4,6H2,1H3;;. The second-order valence-corrected chi connectivity index (χ2v) is 11.4. The Morgan fingerprint density at radius 3 is 1.73 bits per heavy atom. The van der Waals surface area contributed by atoms with Gasteiger partial charge in [-0.1, -0.05) is 0 Å². The van der Waals surface area contributed by atoms with Crippen LogP contribution in [0.3, 0.4) is 0 Å². The Labute approximate surface area is 204 Å². The summed E-state index contributed by atoms with van der Waals surface area (Å²) in [5, 5.41) is 6.80. The average molecular weight is 554 g/mol. The molecule has 0 bridgehead atoms. The Morgan fingerprint density at radius 2 is 1.40 bits per heavy atom. The van der Waals surface area contributed by atoms with Gasteiger partial charge in [0.15, 0.2) is 5.11 Å². The molecule has 0 aliphatic carbocycles. The second kappa shape index (κ2) is 16.5. The molecule has 0 saturated carbocycles. The van der Waals surface area contributed by atoms with Gasteiger partial charge in [0.2, 0.25) is 0 Å².